The van der Waals surface area contributed by atoms with Crippen molar-refractivity contribution in [2.75, 3.05) is 7.05 Å². The summed E-state index contributed by atoms with van der Waals surface area (Å²) < 4.78 is 0. The van der Waals surface area contributed by atoms with Crippen molar-refractivity contribution in [1.29, 1.82) is 0 Å². The van der Waals surface area contributed by atoms with Gasteiger partial charge in [0.1, 0.15) is 0 Å². The summed E-state index contributed by atoms with van der Waals surface area (Å²) in [5.41, 5.74) is 2.96. The van der Waals surface area contributed by atoms with Crippen molar-refractivity contribution < 1.29 is 9.72 Å². The van der Waals surface area contributed by atoms with Gasteiger partial charge >= 0.3 is 0 Å². The summed E-state index contributed by atoms with van der Waals surface area (Å²) >= 11 is 0. The molecule has 0 saturated carbocycles. The Labute approximate surface area is 147 Å². The minimum atomic E-state index is -0.433. The van der Waals surface area contributed by atoms with Crippen LogP contribution in [-0.4, -0.2) is 22.8 Å². The lowest BCUT2D eigenvalue weighted by Gasteiger charge is -2.24. The summed E-state index contributed by atoms with van der Waals surface area (Å²) in [5.74, 6) is -0.154. The van der Waals surface area contributed by atoms with Gasteiger partial charge in [-0.1, -0.05) is 43.3 Å². The highest BCUT2D eigenvalue weighted by molar-refractivity contribution is 5.91. The van der Waals surface area contributed by atoms with E-state index in [-0.39, 0.29) is 17.6 Å². The quantitative estimate of drug-likeness (QED) is 0.446. The molecule has 1 atom stereocenters. The summed E-state index contributed by atoms with van der Waals surface area (Å²) in [6.07, 6.45) is 4.28. The van der Waals surface area contributed by atoms with Gasteiger partial charge in [-0.15, -0.1) is 0 Å². The largest absolute Gasteiger partial charge is 0.335 e. The fraction of sp³-hybridized carbons (Fsp3) is 0.250. The van der Waals surface area contributed by atoms with Crippen LogP contribution in [0.25, 0.3) is 6.08 Å². The van der Waals surface area contributed by atoms with E-state index in [2.05, 4.69) is 6.92 Å². The Hall–Kier alpha value is -2.95. The number of carbonyl (C=O) groups is 1. The number of amides is 1. The fourth-order valence-corrected chi connectivity index (χ4v) is 2.46. The van der Waals surface area contributed by atoms with Crippen molar-refractivity contribution in [3.8, 4) is 0 Å². The Morgan fingerprint density at radius 3 is 2.52 bits per heavy atom. The number of non-ortho nitro benzene ring substituents is 1. The predicted octanol–water partition coefficient (Wildman–Crippen LogP) is 4.39. The number of aryl methyl sites for hydroxylation is 1. The topological polar surface area (TPSA) is 63.5 Å². The van der Waals surface area contributed by atoms with E-state index in [0.717, 1.165) is 17.5 Å². The molecule has 0 aliphatic carbocycles. The molecule has 2 aromatic carbocycles. The van der Waals surface area contributed by atoms with Crippen molar-refractivity contribution in [1.82, 2.24) is 4.90 Å². The van der Waals surface area contributed by atoms with Crippen LogP contribution < -0.4 is 0 Å². The molecule has 0 aliphatic rings. The van der Waals surface area contributed by atoms with Crippen LogP contribution in [0.3, 0.4) is 0 Å². The molecule has 0 unspecified atom stereocenters. The van der Waals surface area contributed by atoms with E-state index < -0.39 is 4.92 Å². The van der Waals surface area contributed by atoms with E-state index in [9.17, 15) is 14.9 Å². The Kier molecular flexibility index (Phi) is 6.06. The monoisotopic (exact) mass is 338 g/mol. The number of benzene rings is 2. The minimum Gasteiger partial charge on any atom is -0.335 e. The summed E-state index contributed by atoms with van der Waals surface area (Å²) in [6.45, 7) is 3.94. The normalized spacial score (nSPS) is 12.1. The SMILES string of the molecule is CCc1ccc(/C=C/C(=O)N(C)[C@H](C)c2cccc([N+](=O)[O-])c2)cc1. The van der Waals surface area contributed by atoms with E-state index in [4.69, 9.17) is 0 Å². The van der Waals surface area contributed by atoms with Crippen LogP contribution >= 0.6 is 0 Å². The van der Waals surface area contributed by atoms with Crippen LogP contribution in [0, 0.1) is 10.1 Å². The van der Waals surface area contributed by atoms with Crippen LogP contribution in [0.2, 0.25) is 0 Å². The Morgan fingerprint density at radius 2 is 1.92 bits per heavy atom. The average Bonchev–Trinajstić information content (AvgIpc) is 2.65. The van der Waals surface area contributed by atoms with Gasteiger partial charge < -0.3 is 4.90 Å². The first-order valence-electron chi connectivity index (χ1n) is 8.20. The number of nitro groups is 1. The van der Waals surface area contributed by atoms with Crippen molar-refractivity contribution in [3.05, 3.63) is 81.4 Å². The Balaban J connectivity index is 2.08. The number of hydrogen-bond acceptors (Lipinski definition) is 3. The van der Waals surface area contributed by atoms with Gasteiger partial charge in [-0.05, 0) is 36.1 Å². The molecule has 1 amide bonds. The van der Waals surface area contributed by atoms with E-state index in [1.54, 1.807) is 30.2 Å². The number of likely N-dealkylation sites (N-methyl/N-ethyl adjacent to an activating group) is 1. The van der Waals surface area contributed by atoms with Crippen molar-refractivity contribution >= 4 is 17.7 Å². The number of carbonyl (C=O) groups excluding carboxylic acids is 1. The van der Waals surface area contributed by atoms with E-state index in [0.29, 0.717) is 0 Å². The second kappa shape index (κ2) is 8.24. The van der Waals surface area contributed by atoms with Crippen LogP contribution in [0.4, 0.5) is 5.69 Å². The summed E-state index contributed by atoms with van der Waals surface area (Å²) in [6, 6.07) is 14.1. The van der Waals surface area contributed by atoms with Gasteiger partial charge in [0.15, 0.2) is 0 Å². The molecule has 0 aliphatic heterocycles. The van der Waals surface area contributed by atoms with Gasteiger partial charge in [0.25, 0.3) is 5.69 Å². The zero-order valence-electron chi connectivity index (χ0n) is 14.7. The van der Waals surface area contributed by atoms with Gasteiger partial charge in [-0.25, -0.2) is 0 Å². The third-order valence-corrected chi connectivity index (χ3v) is 4.30. The predicted molar refractivity (Wildman–Crippen MR) is 99.1 cm³/mol. The maximum absolute atomic E-state index is 12.4. The molecule has 0 saturated heterocycles. The lowest BCUT2D eigenvalue weighted by molar-refractivity contribution is -0.384. The summed E-state index contributed by atoms with van der Waals surface area (Å²) in [7, 11) is 1.69. The minimum absolute atomic E-state index is 0.0248. The highest BCUT2D eigenvalue weighted by atomic mass is 16.6. The molecule has 0 aromatic heterocycles. The average molecular weight is 338 g/mol. The standard InChI is InChI=1S/C20H22N2O3/c1-4-16-8-10-17(11-9-16)12-13-20(23)21(3)15(2)18-6-5-7-19(14-18)22(24)25/h5-15H,4H2,1-3H3/b13-12+/t15-/m1/s1. The van der Waals surface area contributed by atoms with E-state index in [1.165, 1.54) is 23.8 Å². The Morgan fingerprint density at radius 1 is 1.24 bits per heavy atom. The van der Waals surface area contributed by atoms with Crippen LogP contribution in [0.5, 0.6) is 0 Å². The summed E-state index contributed by atoms with van der Waals surface area (Å²) in [5, 5.41) is 10.9. The van der Waals surface area contributed by atoms with E-state index in [1.807, 2.05) is 31.2 Å². The van der Waals surface area contributed by atoms with Crippen molar-refractivity contribution in [2.24, 2.45) is 0 Å². The number of rotatable bonds is 6. The number of nitro benzene ring substituents is 1. The Bertz CT molecular complexity index is 782. The molecule has 130 valence electrons. The number of nitrogens with zero attached hydrogens (tertiary/aromatic N) is 2. The first-order chi connectivity index (χ1) is 11.9. The van der Waals surface area contributed by atoms with Gasteiger partial charge in [-0.3, -0.25) is 14.9 Å². The van der Waals surface area contributed by atoms with Gasteiger partial charge in [0, 0.05) is 25.3 Å². The fourth-order valence-electron chi connectivity index (χ4n) is 2.46. The van der Waals surface area contributed by atoms with Gasteiger partial charge in [0.2, 0.25) is 5.91 Å². The van der Waals surface area contributed by atoms with Crippen LogP contribution in [0.1, 0.15) is 36.6 Å². The molecule has 2 rings (SSSR count). The van der Waals surface area contributed by atoms with Gasteiger partial charge in [-0.2, -0.15) is 0 Å². The lowest BCUT2D eigenvalue weighted by Crippen LogP contribution is -2.28. The first-order valence-corrected chi connectivity index (χ1v) is 8.20. The smallest absolute Gasteiger partial charge is 0.269 e. The third kappa shape index (κ3) is 4.76. The van der Waals surface area contributed by atoms with Crippen molar-refractivity contribution in [2.45, 2.75) is 26.3 Å². The lowest BCUT2D eigenvalue weighted by atomic mass is 10.1. The summed E-state index contributed by atoms with van der Waals surface area (Å²) in [4.78, 5) is 24.4. The molecule has 0 N–H and O–H groups in total. The number of hydrogen-bond donors (Lipinski definition) is 0. The molecule has 25 heavy (non-hydrogen) atoms. The third-order valence-electron chi connectivity index (χ3n) is 4.30. The zero-order valence-corrected chi connectivity index (χ0v) is 14.7. The highest BCUT2D eigenvalue weighted by Gasteiger charge is 2.17. The second-order valence-electron chi connectivity index (χ2n) is 5.91. The highest BCUT2D eigenvalue weighted by Crippen LogP contribution is 2.23. The molecular formula is C20H22N2O3. The molecule has 5 nitrogen and oxygen atoms in total. The maximum Gasteiger partial charge on any atom is 0.269 e. The maximum atomic E-state index is 12.4. The van der Waals surface area contributed by atoms with Crippen molar-refractivity contribution in [3.63, 3.8) is 0 Å². The molecule has 0 fully saturated rings. The molecule has 0 heterocycles. The second-order valence-corrected chi connectivity index (χ2v) is 5.91. The molecule has 5 heteroatoms. The molecular weight excluding hydrogens is 316 g/mol. The molecule has 0 spiro atoms. The molecule has 2 aromatic rings. The zero-order chi connectivity index (χ0) is 18.4. The molecule has 0 bridgehead atoms. The first kappa shape index (κ1) is 18.4. The van der Waals surface area contributed by atoms with E-state index >= 15 is 0 Å². The molecule has 0 radical (unpaired) electrons. The van der Waals surface area contributed by atoms with Gasteiger partial charge in [0.05, 0.1) is 11.0 Å². The van der Waals surface area contributed by atoms with Crippen LogP contribution in [0.15, 0.2) is 54.6 Å². The van der Waals surface area contributed by atoms with Crippen LogP contribution in [-0.2, 0) is 11.2 Å².